The maximum Gasteiger partial charge on any atom is 0.328 e. The number of nitrogens with one attached hydrogen (secondary N) is 1. The van der Waals surface area contributed by atoms with Crippen LogP contribution in [-0.4, -0.2) is 17.0 Å². The summed E-state index contributed by atoms with van der Waals surface area (Å²) < 4.78 is 0. The lowest BCUT2D eigenvalue weighted by Gasteiger charge is -2.08. The Hall–Kier alpha value is -2.88. The van der Waals surface area contributed by atoms with E-state index in [1.54, 1.807) is 6.08 Å². The van der Waals surface area contributed by atoms with Crippen LogP contribution in [0.3, 0.4) is 0 Å². The van der Waals surface area contributed by atoms with E-state index in [4.69, 9.17) is 5.11 Å². The minimum absolute atomic E-state index is 0.108. The minimum Gasteiger partial charge on any atom is -0.478 e. The molecule has 0 bridgehead atoms. The van der Waals surface area contributed by atoms with Gasteiger partial charge in [0, 0.05) is 19.0 Å². The average Bonchev–Trinajstić information content (AvgIpc) is 2.71. The van der Waals surface area contributed by atoms with Gasteiger partial charge in [-0.3, -0.25) is 4.79 Å². The van der Waals surface area contributed by atoms with Gasteiger partial charge in [-0.25, -0.2) is 4.79 Å². The van der Waals surface area contributed by atoms with Gasteiger partial charge in [0.25, 0.3) is 0 Å². The number of hydrogen-bond donors (Lipinski definition) is 2. The van der Waals surface area contributed by atoms with Crippen molar-refractivity contribution in [2.45, 2.75) is 52.0 Å². The fourth-order valence-electron chi connectivity index (χ4n) is 2.99. The first-order chi connectivity index (χ1) is 13.6. The maximum absolute atomic E-state index is 12.0. The zero-order chi connectivity index (χ0) is 20.2. The highest BCUT2D eigenvalue weighted by Crippen LogP contribution is 2.21. The van der Waals surface area contributed by atoms with E-state index in [9.17, 15) is 9.59 Å². The molecular formula is C24H29NO3. The van der Waals surface area contributed by atoms with E-state index in [1.807, 2.05) is 42.5 Å². The van der Waals surface area contributed by atoms with E-state index in [-0.39, 0.29) is 5.91 Å². The van der Waals surface area contributed by atoms with Crippen molar-refractivity contribution in [3.63, 3.8) is 0 Å². The van der Waals surface area contributed by atoms with E-state index in [1.165, 1.54) is 19.3 Å². The molecule has 0 aromatic heterocycles. The van der Waals surface area contributed by atoms with E-state index in [0.29, 0.717) is 13.0 Å². The summed E-state index contributed by atoms with van der Waals surface area (Å²) in [6, 6.07) is 15.8. The van der Waals surface area contributed by atoms with Crippen molar-refractivity contribution in [2.75, 3.05) is 0 Å². The molecule has 2 aromatic carbocycles. The second-order valence-electron chi connectivity index (χ2n) is 6.93. The van der Waals surface area contributed by atoms with Crippen LogP contribution in [-0.2, 0) is 16.1 Å². The molecule has 0 saturated heterocycles. The molecule has 28 heavy (non-hydrogen) atoms. The summed E-state index contributed by atoms with van der Waals surface area (Å²) in [5.74, 6) is -0.851. The van der Waals surface area contributed by atoms with Gasteiger partial charge >= 0.3 is 5.97 Å². The molecule has 2 rings (SSSR count). The first kappa shape index (κ1) is 21.4. The van der Waals surface area contributed by atoms with Gasteiger partial charge in [0.2, 0.25) is 5.91 Å². The molecule has 2 aromatic rings. The lowest BCUT2D eigenvalue weighted by Crippen LogP contribution is -2.22. The molecule has 1 amide bonds. The van der Waals surface area contributed by atoms with Gasteiger partial charge in [0.15, 0.2) is 0 Å². The highest BCUT2D eigenvalue weighted by atomic mass is 16.4. The highest BCUT2D eigenvalue weighted by molar-refractivity contribution is 5.85. The molecule has 0 fully saturated rings. The highest BCUT2D eigenvalue weighted by Gasteiger charge is 2.03. The summed E-state index contributed by atoms with van der Waals surface area (Å²) in [6.07, 6.45) is 9.02. The molecule has 0 heterocycles. The Morgan fingerprint density at radius 3 is 2.43 bits per heavy atom. The van der Waals surface area contributed by atoms with Crippen LogP contribution in [0.5, 0.6) is 0 Å². The summed E-state index contributed by atoms with van der Waals surface area (Å²) in [6.45, 7) is 2.72. The monoisotopic (exact) mass is 379 g/mol. The van der Waals surface area contributed by atoms with Crippen LogP contribution in [0.1, 0.15) is 56.6 Å². The van der Waals surface area contributed by atoms with Crippen LogP contribution >= 0.6 is 0 Å². The Bertz CT molecular complexity index is 794. The molecule has 148 valence electrons. The zero-order valence-corrected chi connectivity index (χ0v) is 16.5. The van der Waals surface area contributed by atoms with Crippen LogP contribution < -0.4 is 5.32 Å². The number of carbonyl (C=O) groups is 2. The minimum atomic E-state index is -0.959. The fraction of sp³-hybridized carbons (Fsp3) is 0.333. The quantitative estimate of drug-likeness (QED) is 0.404. The van der Waals surface area contributed by atoms with Crippen molar-refractivity contribution in [3.05, 3.63) is 65.7 Å². The third kappa shape index (κ3) is 7.78. The van der Waals surface area contributed by atoms with Crippen LogP contribution in [0.25, 0.3) is 17.2 Å². The smallest absolute Gasteiger partial charge is 0.328 e. The second-order valence-corrected chi connectivity index (χ2v) is 6.93. The predicted molar refractivity (Wildman–Crippen MR) is 114 cm³/mol. The van der Waals surface area contributed by atoms with E-state index in [2.05, 4.69) is 18.3 Å². The molecule has 4 heteroatoms. The standard InChI is InChI=1S/C24H29NO3/c1-2-3-4-5-6-10-23(26)25-18-20-8-7-9-22(17-20)21-14-11-19(12-15-21)13-16-24(27)28/h7-9,11-17H,2-6,10,18H2,1H3,(H,25,26)(H,27,28)/b16-13+. The number of carbonyl (C=O) groups excluding carboxylic acids is 1. The van der Waals surface area contributed by atoms with Gasteiger partial charge in [-0.2, -0.15) is 0 Å². The summed E-state index contributed by atoms with van der Waals surface area (Å²) in [7, 11) is 0. The normalized spacial score (nSPS) is 10.9. The molecule has 2 N–H and O–H groups in total. The molecule has 0 spiro atoms. The number of benzene rings is 2. The molecule has 0 radical (unpaired) electrons. The van der Waals surface area contributed by atoms with Gasteiger partial charge < -0.3 is 10.4 Å². The topological polar surface area (TPSA) is 66.4 Å². The third-order valence-corrected chi connectivity index (χ3v) is 4.59. The van der Waals surface area contributed by atoms with Crippen molar-refractivity contribution in [2.24, 2.45) is 0 Å². The Labute approximate surface area is 167 Å². The molecule has 0 aliphatic heterocycles. The maximum atomic E-state index is 12.0. The van der Waals surface area contributed by atoms with Crippen molar-refractivity contribution >= 4 is 18.0 Å². The van der Waals surface area contributed by atoms with Crippen LogP contribution in [0.15, 0.2) is 54.6 Å². The molecule has 0 atom stereocenters. The van der Waals surface area contributed by atoms with E-state index >= 15 is 0 Å². The molecule has 0 aliphatic carbocycles. The number of carboxylic acids is 1. The molecule has 0 unspecified atom stereocenters. The van der Waals surface area contributed by atoms with Gasteiger partial charge in [-0.05, 0) is 40.8 Å². The summed E-state index contributed by atoms with van der Waals surface area (Å²) in [5, 5.41) is 11.7. The largest absolute Gasteiger partial charge is 0.478 e. The Balaban J connectivity index is 1.88. The molecule has 4 nitrogen and oxygen atoms in total. The summed E-state index contributed by atoms with van der Waals surface area (Å²) in [5.41, 5.74) is 4.02. The summed E-state index contributed by atoms with van der Waals surface area (Å²) in [4.78, 5) is 22.6. The lowest BCUT2D eigenvalue weighted by molar-refractivity contribution is -0.131. The lowest BCUT2D eigenvalue weighted by atomic mass is 10.0. The van der Waals surface area contributed by atoms with Crippen molar-refractivity contribution in [3.8, 4) is 11.1 Å². The Morgan fingerprint density at radius 2 is 1.71 bits per heavy atom. The van der Waals surface area contributed by atoms with Gasteiger partial charge in [0.1, 0.15) is 0 Å². The Morgan fingerprint density at radius 1 is 0.964 bits per heavy atom. The second kappa shape index (κ2) is 11.8. The number of amides is 1. The zero-order valence-electron chi connectivity index (χ0n) is 16.5. The van der Waals surface area contributed by atoms with Gasteiger partial charge in [0.05, 0.1) is 0 Å². The van der Waals surface area contributed by atoms with Crippen LogP contribution in [0.2, 0.25) is 0 Å². The number of carboxylic acid groups (broad SMARTS) is 1. The van der Waals surface area contributed by atoms with Crippen molar-refractivity contribution < 1.29 is 14.7 Å². The number of aliphatic carboxylic acids is 1. The fourth-order valence-corrected chi connectivity index (χ4v) is 2.99. The molecule has 0 saturated carbocycles. The number of hydrogen-bond acceptors (Lipinski definition) is 2. The molecular weight excluding hydrogens is 350 g/mol. The first-order valence-corrected chi connectivity index (χ1v) is 9.95. The van der Waals surface area contributed by atoms with Crippen LogP contribution in [0, 0.1) is 0 Å². The number of rotatable bonds is 11. The molecule has 0 aliphatic rings. The summed E-state index contributed by atoms with van der Waals surface area (Å²) >= 11 is 0. The SMILES string of the molecule is CCCCCCCC(=O)NCc1cccc(-c2ccc(/C=C/C(=O)O)cc2)c1. The number of unbranched alkanes of at least 4 members (excludes halogenated alkanes) is 4. The Kier molecular flexibility index (Phi) is 8.99. The van der Waals surface area contributed by atoms with E-state index in [0.717, 1.165) is 41.2 Å². The van der Waals surface area contributed by atoms with E-state index < -0.39 is 5.97 Å². The van der Waals surface area contributed by atoms with Crippen molar-refractivity contribution in [1.82, 2.24) is 5.32 Å². The predicted octanol–water partition coefficient (Wildman–Crippen LogP) is 5.43. The van der Waals surface area contributed by atoms with Gasteiger partial charge in [-0.1, -0.05) is 75.1 Å². The van der Waals surface area contributed by atoms with Gasteiger partial charge in [-0.15, -0.1) is 0 Å². The van der Waals surface area contributed by atoms with Crippen LogP contribution in [0.4, 0.5) is 0 Å². The average molecular weight is 380 g/mol. The first-order valence-electron chi connectivity index (χ1n) is 9.95. The third-order valence-electron chi connectivity index (χ3n) is 4.59. The van der Waals surface area contributed by atoms with Crippen molar-refractivity contribution in [1.29, 1.82) is 0 Å².